The van der Waals surface area contributed by atoms with Crippen LogP contribution in [0, 0.1) is 11.6 Å². The van der Waals surface area contributed by atoms with Gasteiger partial charge in [0.05, 0.1) is 18.1 Å². The van der Waals surface area contributed by atoms with E-state index in [1.807, 2.05) is 47.4 Å². The summed E-state index contributed by atoms with van der Waals surface area (Å²) in [5.41, 5.74) is 11.1. The topological polar surface area (TPSA) is 124 Å². The van der Waals surface area contributed by atoms with E-state index >= 15 is 0 Å². The quantitative estimate of drug-likeness (QED) is 0.279. The second kappa shape index (κ2) is 11.6. The second-order valence-corrected chi connectivity index (χ2v) is 11.1. The molecule has 2 aliphatic heterocycles. The number of anilines is 2. The van der Waals surface area contributed by atoms with E-state index in [0.717, 1.165) is 34.5 Å². The van der Waals surface area contributed by atoms with Gasteiger partial charge >= 0.3 is 0 Å². The van der Waals surface area contributed by atoms with Gasteiger partial charge in [0.25, 0.3) is 0 Å². The molecule has 0 radical (unpaired) electrons. The third kappa shape index (κ3) is 5.22. The van der Waals surface area contributed by atoms with Gasteiger partial charge in [0.1, 0.15) is 41.5 Å². The van der Waals surface area contributed by atoms with E-state index in [-0.39, 0.29) is 17.7 Å². The second-order valence-electron chi connectivity index (χ2n) is 11.1. The third-order valence-electron chi connectivity index (χ3n) is 8.31. The van der Waals surface area contributed by atoms with Crippen LogP contribution in [0.2, 0.25) is 0 Å². The first-order valence-corrected chi connectivity index (χ1v) is 14.7. The van der Waals surface area contributed by atoms with Crippen LogP contribution in [0.3, 0.4) is 0 Å². The van der Waals surface area contributed by atoms with Crippen molar-refractivity contribution in [3.05, 3.63) is 90.4 Å². The lowest BCUT2D eigenvalue weighted by molar-refractivity contribution is -0.122. The molecule has 4 bridgehead atoms. The van der Waals surface area contributed by atoms with Crippen LogP contribution in [0.25, 0.3) is 27.8 Å². The molecule has 2 aromatic heterocycles. The number of benzene rings is 3. The Bertz CT molecular complexity index is 1960. The van der Waals surface area contributed by atoms with Crippen molar-refractivity contribution in [2.45, 2.75) is 31.4 Å². The summed E-state index contributed by atoms with van der Waals surface area (Å²) >= 11 is 0. The van der Waals surface area contributed by atoms with Crippen molar-refractivity contribution in [3.63, 3.8) is 0 Å². The molecule has 5 aromatic rings. The molecule has 3 aromatic carbocycles. The van der Waals surface area contributed by atoms with Gasteiger partial charge in [-0.2, -0.15) is 5.10 Å². The van der Waals surface area contributed by atoms with Gasteiger partial charge in [-0.05, 0) is 54.3 Å². The molecule has 1 saturated heterocycles. The number of halogens is 2. The molecule has 2 atom stereocenters. The Balaban J connectivity index is 1.27. The summed E-state index contributed by atoms with van der Waals surface area (Å²) in [5, 5.41) is 7.96. The number of carbonyl (C=O) groups excluding carboxylic acids is 1. The molecule has 10 nitrogen and oxygen atoms in total. The molecule has 0 saturated carbocycles. The molecular weight excluding hydrogens is 578 g/mol. The lowest BCUT2D eigenvalue weighted by Gasteiger charge is -2.25. The number of aliphatic imine (C=N–C) groups is 1. The fourth-order valence-electron chi connectivity index (χ4n) is 6.25. The Kier molecular flexibility index (Phi) is 7.32. The summed E-state index contributed by atoms with van der Waals surface area (Å²) in [6.07, 6.45) is 4.23. The maximum atomic E-state index is 14.7. The van der Waals surface area contributed by atoms with Crippen LogP contribution >= 0.6 is 0 Å². The molecule has 12 heteroatoms. The average Bonchev–Trinajstić information content (AvgIpc) is 3.66. The van der Waals surface area contributed by atoms with Gasteiger partial charge in [0.15, 0.2) is 11.5 Å². The highest BCUT2D eigenvalue weighted by Gasteiger charge is 2.40. The molecule has 228 valence electrons. The first kappa shape index (κ1) is 28.4. The predicted octanol–water partition coefficient (Wildman–Crippen LogP) is 4.70. The molecule has 0 spiro atoms. The number of hydrogen-bond donors (Lipinski definition) is 2. The zero-order valence-corrected chi connectivity index (χ0v) is 24.5. The van der Waals surface area contributed by atoms with E-state index in [9.17, 15) is 13.6 Å². The number of carbonyl (C=O) groups is 1. The van der Waals surface area contributed by atoms with Gasteiger partial charge in [-0.15, -0.1) is 0 Å². The highest BCUT2D eigenvalue weighted by molar-refractivity contribution is 6.10. The Morgan fingerprint density at radius 3 is 2.80 bits per heavy atom. The summed E-state index contributed by atoms with van der Waals surface area (Å²) in [5.74, 6) is -0.501. The first-order chi connectivity index (χ1) is 21.9. The number of aromatic nitrogens is 4. The van der Waals surface area contributed by atoms with Gasteiger partial charge in [-0.25, -0.2) is 23.4 Å². The average molecular weight is 609 g/mol. The van der Waals surface area contributed by atoms with Crippen molar-refractivity contribution in [2.24, 2.45) is 4.99 Å². The van der Waals surface area contributed by atoms with Crippen LogP contribution < -0.4 is 20.7 Å². The highest BCUT2D eigenvalue weighted by Crippen LogP contribution is 2.35. The summed E-state index contributed by atoms with van der Waals surface area (Å²) in [4.78, 5) is 29.0. The zero-order chi connectivity index (χ0) is 31.1. The molecule has 2 unspecified atom stereocenters. The van der Waals surface area contributed by atoms with Crippen molar-refractivity contribution < 1.29 is 18.3 Å². The monoisotopic (exact) mass is 608 g/mol. The smallest absolute Gasteiger partial charge is 0.242 e. The minimum Gasteiger partial charge on any atom is -0.488 e. The van der Waals surface area contributed by atoms with E-state index < -0.39 is 17.7 Å². The van der Waals surface area contributed by atoms with Crippen LogP contribution in [-0.2, 0) is 4.79 Å². The lowest BCUT2D eigenvalue weighted by atomic mass is 9.93. The molecule has 1 fully saturated rings. The fraction of sp³-hybridized carbons (Fsp3) is 0.242. The number of rotatable bonds is 2. The summed E-state index contributed by atoms with van der Waals surface area (Å²) in [6, 6.07) is 16.3. The molecule has 1 amide bonds. The Morgan fingerprint density at radius 2 is 1.96 bits per heavy atom. The Hall–Kier alpha value is -5.39. The van der Waals surface area contributed by atoms with Gasteiger partial charge < -0.3 is 20.7 Å². The van der Waals surface area contributed by atoms with Gasteiger partial charge in [0, 0.05) is 43.0 Å². The van der Waals surface area contributed by atoms with Crippen LogP contribution in [-0.4, -0.2) is 63.7 Å². The highest BCUT2D eigenvalue weighted by atomic mass is 19.1. The van der Waals surface area contributed by atoms with Crippen molar-refractivity contribution in [2.75, 3.05) is 30.8 Å². The Morgan fingerprint density at radius 1 is 1.09 bits per heavy atom. The number of nitrogens with one attached hydrogen (secondary N) is 1. The van der Waals surface area contributed by atoms with Crippen molar-refractivity contribution in [1.29, 1.82) is 0 Å². The predicted molar refractivity (Wildman–Crippen MR) is 168 cm³/mol. The summed E-state index contributed by atoms with van der Waals surface area (Å²) in [6.45, 7) is 0.797. The lowest BCUT2D eigenvalue weighted by Crippen LogP contribution is -2.44. The number of amides is 1. The zero-order valence-electron chi connectivity index (χ0n) is 24.5. The van der Waals surface area contributed by atoms with Crippen molar-refractivity contribution in [1.82, 2.24) is 25.1 Å². The van der Waals surface area contributed by atoms with Crippen molar-refractivity contribution in [3.8, 4) is 22.6 Å². The third-order valence-corrected chi connectivity index (χ3v) is 8.31. The van der Waals surface area contributed by atoms with E-state index in [2.05, 4.69) is 25.4 Å². The number of ether oxygens (including phenoxy) is 1. The van der Waals surface area contributed by atoms with E-state index in [1.54, 1.807) is 7.05 Å². The molecular formula is C33H30F2N8O2. The van der Waals surface area contributed by atoms with E-state index in [0.29, 0.717) is 60.6 Å². The number of nitrogens with two attached hydrogens (primary N) is 1. The normalized spacial score (nSPS) is 19.5. The van der Waals surface area contributed by atoms with Gasteiger partial charge in [-0.1, -0.05) is 24.3 Å². The first-order valence-electron chi connectivity index (χ1n) is 14.7. The van der Waals surface area contributed by atoms with Crippen LogP contribution in [0.1, 0.15) is 24.8 Å². The molecule has 0 aliphatic carbocycles. The van der Waals surface area contributed by atoms with Gasteiger partial charge in [-0.3, -0.25) is 9.79 Å². The maximum Gasteiger partial charge on any atom is 0.242 e. The van der Waals surface area contributed by atoms with Crippen molar-refractivity contribution >= 4 is 34.2 Å². The molecule has 4 heterocycles. The van der Waals surface area contributed by atoms with Gasteiger partial charge in [0.2, 0.25) is 5.91 Å². The number of fused-ring (bicyclic) bond motifs is 7. The summed E-state index contributed by atoms with van der Waals surface area (Å²) < 4.78 is 36.1. The Labute approximate surface area is 257 Å². The number of nitrogen functional groups attached to an aromatic ring is 1. The van der Waals surface area contributed by atoms with Crippen LogP contribution in [0.5, 0.6) is 5.75 Å². The fourth-order valence-corrected chi connectivity index (χ4v) is 6.25. The number of hydrogen-bond acceptors (Lipinski definition) is 8. The SMILES string of the molecule is CN=C1CCCNC(=O)C2CC(CN2c2ncnc3c2cnn3-c2ccc(F)cc2F)Oc2cccc(c2)-c2cccc(N)c21. The minimum absolute atomic E-state index is 0.0487. The summed E-state index contributed by atoms with van der Waals surface area (Å²) in [7, 11) is 1.75. The minimum atomic E-state index is -0.774. The maximum absolute atomic E-state index is 14.7. The molecule has 3 N–H and O–H groups in total. The molecule has 45 heavy (non-hydrogen) atoms. The molecule has 7 rings (SSSR count). The van der Waals surface area contributed by atoms with E-state index in [4.69, 9.17) is 10.5 Å². The molecule has 2 aliphatic rings. The standard InChI is InChI=1S/C33H30F2N8O2/c1-37-27-9-4-12-38-33(44)29-15-22(45-21-6-2-5-19(13-21)23-7-3-8-26(36)30(23)27)17-42(29)31-24-16-41-43(32(24)40-18-39-31)28-11-10-20(34)14-25(28)35/h2-3,5-8,10-11,13-14,16,18,22,29H,4,9,12,15,17,36H2,1H3,(H,38,44). The largest absolute Gasteiger partial charge is 0.488 e. The van der Waals surface area contributed by atoms with E-state index in [1.165, 1.54) is 23.3 Å². The number of nitrogens with zero attached hydrogens (tertiary/aromatic N) is 6. The van der Waals surface area contributed by atoms with Crippen LogP contribution in [0.4, 0.5) is 20.3 Å². The van der Waals surface area contributed by atoms with Crippen LogP contribution in [0.15, 0.2) is 78.2 Å².